The van der Waals surface area contributed by atoms with Crippen molar-refractivity contribution in [2.75, 3.05) is 6.54 Å². The maximum absolute atomic E-state index is 12.9. The first-order valence-electron chi connectivity index (χ1n) is 9.17. The van der Waals surface area contributed by atoms with Crippen LogP contribution in [0.4, 0.5) is 0 Å². The number of carbonyl (C=O) groups excluding carboxylic acids is 1. The van der Waals surface area contributed by atoms with E-state index in [4.69, 9.17) is 27.6 Å². The van der Waals surface area contributed by atoms with E-state index in [0.29, 0.717) is 40.1 Å². The van der Waals surface area contributed by atoms with Gasteiger partial charge in [0.1, 0.15) is 10.6 Å². The van der Waals surface area contributed by atoms with E-state index in [0.717, 1.165) is 25.9 Å². The Kier molecular flexibility index (Phi) is 6.63. The van der Waals surface area contributed by atoms with Gasteiger partial charge in [-0.3, -0.25) is 4.79 Å². The minimum Gasteiger partial charge on any atom is -0.451 e. The predicted octanol–water partition coefficient (Wildman–Crippen LogP) is 6.16. The van der Waals surface area contributed by atoms with E-state index in [1.165, 1.54) is 11.3 Å². The summed E-state index contributed by atoms with van der Waals surface area (Å²) < 4.78 is 6.76. The fourth-order valence-electron chi connectivity index (χ4n) is 3.03. The van der Waals surface area contributed by atoms with Gasteiger partial charge < -0.3 is 9.73 Å². The standard InChI is InChI=1S/C21H17Cl2N3O2S2/c1-12-25-26-21(30-12)29-11-15-14-6-2-3-8-17(14)28-19(15)20(27)24-10-9-13-5-4-7-16(22)18(13)23/h2-8H,9-11H2,1H3,(H,24,27). The number of aryl methyl sites for hydroxylation is 1. The summed E-state index contributed by atoms with van der Waals surface area (Å²) in [6.45, 7) is 2.33. The molecule has 2 aromatic heterocycles. The number of fused-ring (bicyclic) bond motifs is 1. The second-order valence-corrected chi connectivity index (χ2v) is 9.69. The first kappa shape index (κ1) is 21.2. The van der Waals surface area contributed by atoms with Crippen molar-refractivity contribution in [2.24, 2.45) is 0 Å². The summed E-state index contributed by atoms with van der Waals surface area (Å²) >= 11 is 15.4. The monoisotopic (exact) mass is 477 g/mol. The number of nitrogens with zero attached hydrogens (tertiary/aromatic N) is 2. The molecule has 0 fully saturated rings. The van der Waals surface area contributed by atoms with Crippen LogP contribution in [0.5, 0.6) is 0 Å². The summed E-state index contributed by atoms with van der Waals surface area (Å²) in [5, 5.41) is 14.0. The van der Waals surface area contributed by atoms with Crippen LogP contribution in [0, 0.1) is 6.92 Å². The van der Waals surface area contributed by atoms with Gasteiger partial charge in [0.25, 0.3) is 5.91 Å². The zero-order valence-electron chi connectivity index (χ0n) is 15.9. The van der Waals surface area contributed by atoms with Gasteiger partial charge in [-0.2, -0.15) is 0 Å². The van der Waals surface area contributed by atoms with Crippen molar-refractivity contribution in [3.8, 4) is 0 Å². The maximum Gasteiger partial charge on any atom is 0.287 e. The van der Waals surface area contributed by atoms with Gasteiger partial charge >= 0.3 is 0 Å². The van der Waals surface area contributed by atoms with Crippen molar-refractivity contribution in [1.82, 2.24) is 15.5 Å². The molecule has 0 spiro atoms. The number of aromatic nitrogens is 2. The smallest absolute Gasteiger partial charge is 0.287 e. The Bertz CT molecular complexity index is 1210. The number of halogens is 2. The Morgan fingerprint density at radius 3 is 2.80 bits per heavy atom. The topological polar surface area (TPSA) is 68.0 Å². The third-order valence-corrected chi connectivity index (χ3v) is 7.32. The highest BCUT2D eigenvalue weighted by atomic mass is 35.5. The van der Waals surface area contributed by atoms with Gasteiger partial charge in [0, 0.05) is 23.2 Å². The summed E-state index contributed by atoms with van der Waals surface area (Å²) in [7, 11) is 0. The molecule has 4 rings (SSSR count). The lowest BCUT2D eigenvalue weighted by Crippen LogP contribution is -2.26. The largest absolute Gasteiger partial charge is 0.451 e. The minimum absolute atomic E-state index is 0.256. The molecule has 1 amide bonds. The molecule has 30 heavy (non-hydrogen) atoms. The SMILES string of the molecule is Cc1nnc(SCc2c(C(=O)NCCc3cccc(Cl)c3Cl)oc3ccccc23)s1. The molecule has 0 unspecified atom stereocenters. The zero-order valence-corrected chi connectivity index (χ0v) is 19.1. The van der Waals surface area contributed by atoms with Crippen LogP contribution in [0.25, 0.3) is 11.0 Å². The normalized spacial score (nSPS) is 11.2. The maximum atomic E-state index is 12.9. The summed E-state index contributed by atoms with van der Waals surface area (Å²) in [6.07, 6.45) is 0.569. The van der Waals surface area contributed by atoms with Gasteiger partial charge in [0.2, 0.25) is 0 Å². The molecule has 0 bridgehead atoms. The molecular formula is C21H17Cl2N3O2S2. The van der Waals surface area contributed by atoms with Crippen molar-refractivity contribution >= 4 is 63.2 Å². The van der Waals surface area contributed by atoms with E-state index >= 15 is 0 Å². The molecule has 9 heteroatoms. The fraction of sp³-hybridized carbons (Fsp3) is 0.190. The summed E-state index contributed by atoms with van der Waals surface area (Å²) in [6, 6.07) is 13.1. The second-order valence-electron chi connectivity index (χ2n) is 6.50. The quantitative estimate of drug-likeness (QED) is 0.322. The Labute approximate surface area is 191 Å². The molecular weight excluding hydrogens is 461 g/mol. The lowest BCUT2D eigenvalue weighted by molar-refractivity contribution is 0.0927. The first-order valence-corrected chi connectivity index (χ1v) is 11.7. The van der Waals surface area contributed by atoms with Crippen LogP contribution in [-0.2, 0) is 12.2 Å². The van der Waals surface area contributed by atoms with Crippen LogP contribution in [-0.4, -0.2) is 22.6 Å². The molecule has 0 atom stereocenters. The third kappa shape index (κ3) is 4.64. The molecule has 4 aromatic rings. The van der Waals surface area contributed by atoms with Crippen LogP contribution < -0.4 is 5.32 Å². The number of carbonyl (C=O) groups is 1. The number of amides is 1. The van der Waals surface area contributed by atoms with Crippen molar-refractivity contribution in [1.29, 1.82) is 0 Å². The number of hydrogen-bond donors (Lipinski definition) is 1. The Balaban J connectivity index is 1.50. The highest BCUT2D eigenvalue weighted by Crippen LogP contribution is 2.33. The summed E-state index contributed by atoms with van der Waals surface area (Å²) in [4.78, 5) is 12.9. The Hall–Kier alpha value is -2.06. The second kappa shape index (κ2) is 9.39. The Morgan fingerprint density at radius 2 is 2.00 bits per heavy atom. The predicted molar refractivity (Wildman–Crippen MR) is 123 cm³/mol. The fourth-order valence-corrected chi connectivity index (χ4v) is 5.29. The molecule has 5 nitrogen and oxygen atoms in total. The lowest BCUT2D eigenvalue weighted by Gasteiger charge is -2.07. The van der Waals surface area contributed by atoms with Crippen LogP contribution in [0.15, 0.2) is 51.2 Å². The van der Waals surface area contributed by atoms with E-state index in [1.54, 1.807) is 17.8 Å². The zero-order chi connectivity index (χ0) is 21.1. The van der Waals surface area contributed by atoms with Crippen molar-refractivity contribution in [2.45, 2.75) is 23.4 Å². The van der Waals surface area contributed by atoms with Gasteiger partial charge in [-0.1, -0.05) is 76.6 Å². The van der Waals surface area contributed by atoms with E-state index in [9.17, 15) is 4.79 Å². The van der Waals surface area contributed by atoms with E-state index < -0.39 is 0 Å². The highest BCUT2D eigenvalue weighted by Gasteiger charge is 2.21. The summed E-state index contributed by atoms with van der Waals surface area (Å²) in [5.41, 5.74) is 2.42. The molecule has 2 aromatic carbocycles. The number of furan rings is 1. The molecule has 0 aliphatic heterocycles. The van der Waals surface area contributed by atoms with Crippen LogP contribution in [0.1, 0.15) is 26.7 Å². The average molecular weight is 478 g/mol. The van der Waals surface area contributed by atoms with Crippen LogP contribution in [0.2, 0.25) is 10.0 Å². The number of benzene rings is 2. The molecule has 0 saturated heterocycles. The molecule has 0 aliphatic rings. The van der Waals surface area contributed by atoms with Gasteiger partial charge in [0.05, 0.1) is 10.0 Å². The Morgan fingerprint density at radius 1 is 1.17 bits per heavy atom. The molecule has 0 saturated carbocycles. The number of nitrogens with one attached hydrogen (secondary N) is 1. The van der Waals surface area contributed by atoms with E-state index in [-0.39, 0.29) is 5.91 Å². The lowest BCUT2D eigenvalue weighted by atomic mass is 10.1. The minimum atomic E-state index is -0.256. The molecule has 0 aliphatic carbocycles. The van der Waals surface area contributed by atoms with Gasteiger partial charge in [-0.15, -0.1) is 10.2 Å². The van der Waals surface area contributed by atoms with E-state index in [1.807, 2.05) is 43.3 Å². The molecule has 2 heterocycles. The number of thioether (sulfide) groups is 1. The van der Waals surface area contributed by atoms with Crippen molar-refractivity contribution in [3.05, 3.63) is 74.4 Å². The number of rotatable bonds is 7. The highest BCUT2D eigenvalue weighted by molar-refractivity contribution is 8.00. The van der Waals surface area contributed by atoms with E-state index in [2.05, 4.69) is 15.5 Å². The number of para-hydroxylation sites is 1. The molecule has 1 N–H and O–H groups in total. The van der Waals surface area contributed by atoms with Crippen LogP contribution >= 0.6 is 46.3 Å². The first-order chi connectivity index (χ1) is 14.5. The third-order valence-electron chi connectivity index (χ3n) is 4.46. The van der Waals surface area contributed by atoms with Gasteiger partial charge in [-0.05, 0) is 31.0 Å². The van der Waals surface area contributed by atoms with Crippen molar-refractivity contribution < 1.29 is 9.21 Å². The molecule has 154 valence electrons. The summed E-state index contributed by atoms with van der Waals surface area (Å²) in [5.74, 6) is 0.629. The van der Waals surface area contributed by atoms with Gasteiger partial charge in [-0.25, -0.2) is 0 Å². The van der Waals surface area contributed by atoms with Gasteiger partial charge in [0.15, 0.2) is 10.1 Å². The number of hydrogen-bond acceptors (Lipinski definition) is 6. The van der Waals surface area contributed by atoms with Crippen molar-refractivity contribution in [3.63, 3.8) is 0 Å². The molecule has 0 radical (unpaired) electrons. The van der Waals surface area contributed by atoms with Crippen LogP contribution in [0.3, 0.4) is 0 Å². The average Bonchev–Trinajstić information content (AvgIpc) is 3.32.